The molecule has 1 heterocycles. The van der Waals surface area contributed by atoms with Gasteiger partial charge in [0.25, 0.3) is 0 Å². The molecule has 142 valence electrons. The molecule has 0 radical (unpaired) electrons. The second kappa shape index (κ2) is 8.58. The molecule has 2 aromatic rings. The normalized spacial score (nSPS) is 16.1. The summed E-state index contributed by atoms with van der Waals surface area (Å²) in [5, 5.41) is 2.91. The number of carbonyl (C=O) groups is 2. The summed E-state index contributed by atoms with van der Waals surface area (Å²) in [4.78, 5) is 26.3. The molecule has 2 amide bonds. The molecule has 27 heavy (non-hydrogen) atoms. The van der Waals surface area contributed by atoms with E-state index in [4.69, 9.17) is 9.47 Å². The Hall–Kier alpha value is -3.02. The van der Waals surface area contributed by atoms with Gasteiger partial charge in [-0.15, -0.1) is 0 Å². The number of nitrogens with one attached hydrogen (secondary N) is 1. The van der Waals surface area contributed by atoms with Crippen LogP contribution in [0.15, 0.2) is 48.5 Å². The topological polar surface area (TPSA) is 67.9 Å². The SMILES string of the molecule is CCOC(=O)c1ccc(NC(=O)N2CCCC2c2ccc(OC)cc2)cc1. The number of ether oxygens (including phenoxy) is 2. The van der Waals surface area contributed by atoms with E-state index in [9.17, 15) is 9.59 Å². The van der Waals surface area contributed by atoms with E-state index in [1.165, 1.54) is 0 Å². The average molecular weight is 368 g/mol. The van der Waals surface area contributed by atoms with Gasteiger partial charge < -0.3 is 19.7 Å². The van der Waals surface area contributed by atoms with Crippen molar-refractivity contribution in [3.63, 3.8) is 0 Å². The first kappa shape index (κ1) is 18.8. The predicted molar refractivity (Wildman–Crippen MR) is 103 cm³/mol. The van der Waals surface area contributed by atoms with Crippen LogP contribution < -0.4 is 10.1 Å². The zero-order valence-corrected chi connectivity index (χ0v) is 15.6. The van der Waals surface area contributed by atoms with Crippen molar-refractivity contribution in [3.05, 3.63) is 59.7 Å². The lowest BCUT2D eigenvalue weighted by Gasteiger charge is -2.25. The predicted octanol–water partition coefficient (Wildman–Crippen LogP) is 4.24. The third-order valence-electron chi connectivity index (χ3n) is 4.66. The highest BCUT2D eigenvalue weighted by molar-refractivity contribution is 5.92. The zero-order chi connectivity index (χ0) is 19.2. The summed E-state index contributed by atoms with van der Waals surface area (Å²) >= 11 is 0. The molecule has 3 rings (SSSR count). The van der Waals surface area contributed by atoms with Crippen LogP contribution in [0, 0.1) is 0 Å². The smallest absolute Gasteiger partial charge is 0.338 e. The Morgan fingerprint density at radius 1 is 1.11 bits per heavy atom. The molecule has 1 unspecified atom stereocenters. The van der Waals surface area contributed by atoms with Crippen molar-refractivity contribution in [3.8, 4) is 5.75 Å². The van der Waals surface area contributed by atoms with Crippen molar-refractivity contribution in [2.45, 2.75) is 25.8 Å². The van der Waals surface area contributed by atoms with E-state index in [1.807, 2.05) is 29.2 Å². The Labute approximate surface area is 159 Å². The lowest BCUT2D eigenvalue weighted by atomic mass is 10.0. The molecule has 6 heteroatoms. The molecule has 0 spiro atoms. The number of methoxy groups -OCH3 is 1. The first-order chi connectivity index (χ1) is 13.1. The van der Waals surface area contributed by atoms with E-state index in [0.29, 0.717) is 24.4 Å². The quantitative estimate of drug-likeness (QED) is 0.802. The van der Waals surface area contributed by atoms with Gasteiger partial charge in [0.1, 0.15) is 5.75 Å². The molecule has 1 fully saturated rings. The fourth-order valence-corrected chi connectivity index (χ4v) is 3.28. The maximum Gasteiger partial charge on any atom is 0.338 e. The van der Waals surface area contributed by atoms with Crippen LogP contribution in [0.5, 0.6) is 5.75 Å². The molecule has 1 aliphatic heterocycles. The number of likely N-dealkylation sites (tertiary alicyclic amines) is 1. The minimum Gasteiger partial charge on any atom is -0.497 e. The highest BCUT2D eigenvalue weighted by Crippen LogP contribution is 2.33. The van der Waals surface area contributed by atoms with Crippen molar-refractivity contribution >= 4 is 17.7 Å². The molecule has 0 aromatic heterocycles. The van der Waals surface area contributed by atoms with Gasteiger partial charge in [-0.2, -0.15) is 0 Å². The van der Waals surface area contributed by atoms with Gasteiger partial charge in [-0.25, -0.2) is 9.59 Å². The van der Waals surface area contributed by atoms with Gasteiger partial charge >= 0.3 is 12.0 Å². The lowest BCUT2D eigenvalue weighted by Crippen LogP contribution is -2.34. The standard InChI is InChI=1S/C21H24N2O4/c1-3-27-20(24)16-6-10-17(11-7-16)22-21(25)23-14-4-5-19(23)15-8-12-18(26-2)13-9-15/h6-13,19H,3-5,14H2,1-2H3,(H,22,25). The monoisotopic (exact) mass is 368 g/mol. The first-order valence-corrected chi connectivity index (χ1v) is 9.11. The fourth-order valence-electron chi connectivity index (χ4n) is 3.28. The summed E-state index contributed by atoms with van der Waals surface area (Å²) in [7, 11) is 1.64. The maximum absolute atomic E-state index is 12.7. The highest BCUT2D eigenvalue weighted by Gasteiger charge is 2.30. The number of amides is 2. The molecule has 0 saturated carbocycles. The number of hydrogen-bond donors (Lipinski definition) is 1. The van der Waals surface area contributed by atoms with E-state index >= 15 is 0 Å². The van der Waals surface area contributed by atoms with E-state index < -0.39 is 0 Å². The van der Waals surface area contributed by atoms with Crippen LogP contribution in [0.1, 0.15) is 41.7 Å². The summed E-state index contributed by atoms with van der Waals surface area (Å²) in [6.45, 7) is 2.81. The molecule has 1 saturated heterocycles. The summed E-state index contributed by atoms with van der Waals surface area (Å²) in [6.07, 6.45) is 1.90. The zero-order valence-electron chi connectivity index (χ0n) is 15.6. The molecule has 0 aliphatic carbocycles. The van der Waals surface area contributed by atoms with E-state index in [0.717, 1.165) is 24.2 Å². The lowest BCUT2D eigenvalue weighted by molar-refractivity contribution is 0.0526. The molecule has 0 bridgehead atoms. The van der Waals surface area contributed by atoms with Gasteiger partial charge in [-0.05, 0) is 61.7 Å². The minimum atomic E-state index is -0.366. The maximum atomic E-state index is 12.7. The van der Waals surface area contributed by atoms with Crippen molar-refractivity contribution in [1.29, 1.82) is 0 Å². The number of urea groups is 1. The Kier molecular flexibility index (Phi) is 5.96. The second-order valence-electron chi connectivity index (χ2n) is 6.35. The Morgan fingerprint density at radius 2 is 1.81 bits per heavy atom. The molecule has 1 N–H and O–H groups in total. The van der Waals surface area contributed by atoms with Crippen LogP contribution in [0.25, 0.3) is 0 Å². The van der Waals surface area contributed by atoms with Crippen molar-refractivity contribution < 1.29 is 19.1 Å². The minimum absolute atomic E-state index is 0.0507. The van der Waals surface area contributed by atoms with Crippen LogP contribution in [-0.2, 0) is 4.74 Å². The van der Waals surface area contributed by atoms with Gasteiger partial charge in [0.2, 0.25) is 0 Å². The Bertz CT molecular complexity index is 787. The van der Waals surface area contributed by atoms with Crippen LogP contribution in [0.3, 0.4) is 0 Å². The van der Waals surface area contributed by atoms with Crippen LogP contribution in [-0.4, -0.2) is 37.2 Å². The first-order valence-electron chi connectivity index (χ1n) is 9.11. The fraction of sp³-hybridized carbons (Fsp3) is 0.333. The highest BCUT2D eigenvalue weighted by atomic mass is 16.5. The molecular formula is C21H24N2O4. The van der Waals surface area contributed by atoms with Crippen LogP contribution >= 0.6 is 0 Å². The van der Waals surface area contributed by atoms with Crippen molar-refractivity contribution in [2.75, 3.05) is 25.6 Å². The van der Waals surface area contributed by atoms with Gasteiger partial charge in [-0.1, -0.05) is 12.1 Å². The van der Waals surface area contributed by atoms with Gasteiger partial charge in [0.05, 0.1) is 25.3 Å². The molecule has 1 aliphatic rings. The number of carbonyl (C=O) groups excluding carboxylic acids is 2. The largest absolute Gasteiger partial charge is 0.497 e. The summed E-state index contributed by atoms with van der Waals surface area (Å²) in [5.41, 5.74) is 2.21. The summed E-state index contributed by atoms with van der Waals surface area (Å²) in [6, 6.07) is 14.5. The third-order valence-corrected chi connectivity index (χ3v) is 4.66. The number of rotatable bonds is 5. The molecule has 6 nitrogen and oxygen atoms in total. The van der Waals surface area contributed by atoms with E-state index in [-0.39, 0.29) is 18.0 Å². The Balaban J connectivity index is 1.66. The van der Waals surface area contributed by atoms with Gasteiger partial charge in [-0.3, -0.25) is 0 Å². The number of anilines is 1. The van der Waals surface area contributed by atoms with E-state index in [2.05, 4.69) is 5.32 Å². The number of nitrogens with zero attached hydrogens (tertiary/aromatic N) is 1. The van der Waals surface area contributed by atoms with Crippen LogP contribution in [0.4, 0.5) is 10.5 Å². The van der Waals surface area contributed by atoms with Gasteiger partial charge in [0, 0.05) is 12.2 Å². The Morgan fingerprint density at radius 3 is 2.44 bits per heavy atom. The van der Waals surface area contributed by atoms with Crippen LogP contribution in [0.2, 0.25) is 0 Å². The second-order valence-corrected chi connectivity index (χ2v) is 6.35. The van der Waals surface area contributed by atoms with Crippen molar-refractivity contribution in [1.82, 2.24) is 4.90 Å². The third kappa shape index (κ3) is 4.39. The molecule has 2 aromatic carbocycles. The van der Waals surface area contributed by atoms with Gasteiger partial charge in [0.15, 0.2) is 0 Å². The molecule has 1 atom stereocenters. The van der Waals surface area contributed by atoms with E-state index in [1.54, 1.807) is 38.3 Å². The number of esters is 1. The summed E-state index contributed by atoms with van der Waals surface area (Å²) < 4.78 is 10.2. The summed E-state index contributed by atoms with van der Waals surface area (Å²) in [5.74, 6) is 0.434. The van der Waals surface area contributed by atoms with Crippen molar-refractivity contribution in [2.24, 2.45) is 0 Å². The average Bonchev–Trinajstić information content (AvgIpc) is 3.19. The number of benzene rings is 2. The molecular weight excluding hydrogens is 344 g/mol. The number of hydrogen-bond acceptors (Lipinski definition) is 4.